The van der Waals surface area contributed by atoms with E-state index in [4.69, 9.17) is 17.0 Å². The molecule has 2 aliphatic rings. The van der Waals surface area contributed by atoms with Crippen molar-refractivity contribution in [3.05, 3.63) is 59.2 Å². The molecule has 1 N–H and O–H groups in total. The van der Waals surface area contributed by atoms with E-state index in [1.165, 1.54) is 16.2 Å². The quantitative estimate of drug-likeness (QED) is 0.380. The Balaban J connectivity index is 1.72. The van der Waals surface area contributed by atoms with E-state index in [9.17, 15) is 9.59 Å². The number of hydrogen-bond donors (Lipinski definition) is 1. The molecular formula is C27H31N3O3S. The van der Waals surface area contributed by atoms with E-state index in [2.05, 4.69) is 57.0 Å². The molecule has 6 nitrogen and oxygen atoms in total. The molecule has 0 radical (unpaired) electrons. The number of nitrogens with zero attached hydrogens (tertiary/aromatic N) is 2. The molecular weight excluding hydrogens is 446 g/mol. The summed E-state index contributed by atoms with van der Waals surface area (Å²) in [6.07, 6.45) is 2.68. The summed E-state index contributed by atoms with van der Waals surface area (Å²) >= 11 is 5.31. The lowest BCUT2D eigenvalue weighted by Gasteiger charge is -2.50. The number of carbonyl (C=O) groups is 2. The van der Waals surface area contributed by atoms with Crippen molar-refractivity contribution in [3.63, 3.8) is 0 Å². The van der Waals surface area contributed by atoms with Gasteiger partial charge in [-0.1, -0.05) is 13.0 Å². The fourth-order valence-electron chi connectivity index (χ4n) is 5.33. The minimum Gasteiger partial charge on any atom is -0.497 e. The predicted octanol–water partition coefficient (Wildman–Crippen LogP) is 5.03. The standard InChI is InChI=1S/C27H31N3O3S/c1-16(2)30-23-12-7-18(13-21(23)17(3)15-27(30,4)5)14-22-24(31)28-26(34)29(25(22)32)19-8-10-20(33-6)11-9-19/h7-14,16-17H,15H2,1-6H3,(H,28,31,34)/b22-14+/t17-/m1/s1. The number of anilines is 2. The zero-order valence-corrected chi connectivity index (χ0v) is 21.3. The number of rotatable bonds is 4. The van der Waals surface area contributed by atoms with Crippen LogP contribution in [0.25, 0.3) is 6.08 Å². The van der Waals surface area contributed by atoms with Crippen LogP contribution in [-0.2, 0) is 9.59 Å². The molecule has 1 fully saturated rings. The molecule has 0 aromatic heterocycles. The number of thiocarbonyl (C=S) groups is 1. The van der Waals surface area contributed by atoms with Crippen LogP contribution < -0.4 is 19.9 Å². The van der Waals surface area contributed by atoms with E-state index in [0.29, 0.717) is 23.4 Å². The van der Waals surface area contributed by atoms with Crippen LogP contribution in [0.5, 0.6) is 5.75 Å². The first-order chi connectivity index (χ1) is 16.0. The predicted molar refractivity (Wildman–Crippen MR) is 140 cm³/mol. The number of fused-ring (bicyclic) bond motifs is 1. The molecule has 0 unspecified atom stereocenters. The zero-order valence-electron chi connectivity index (χ0n) is 20.5. The molecule has 2 amide bonds. The fraction of sp³-hybridized carbons (Fsp3) is 0.370. The second-order valence-electron chi connectivity index (χ2n) is 9.86. The van der Waals surface area contributed by atoms with Crippen LogP contribution in [0.3, 0.4) is 0 Å². The number of amides is 2. The third-order valence-corrected chi connectivity index (χ3v) is 6.84. The highest BCUT2D eigenvalue weighted by Gasteiger charge is 2.38. The molecule has 34 heavy (non-hydrogen) atoms. The molecule has 7 heteroatoms. The number of carbonyl (C=O) groups excluding carboxylic acids is 2. The second kappa shape index (κ2) is 8.87. The summed E-state index contributed by atoms with van der Waals surface area (Å²) in [6.45, 7) is 11.2. The van der Waals surface area contributed by atoms with Gasteiger partial charge in [0.05, 0.1) is 12.8 Å². The fourth-order valence-corrected chi connectivity index (χ4v) is 5.61. The summed E-state index contributed by atoms with van der Waals surface area (Å²) in [5.41, 5.74) is 3.92. The topological polar surface area (TPSA) is 61.9 Å². The first kappa shape index (κ1) is 24.0. The van der Waals surface area contributed by atoms with Crippen LogP contribution in [0.1, 0.15) is 58.1 Å². The molecule has 0 aliphatic carbocycles. The number of nitrogens with one attached hydrogen (secondary N) is 1. The Morgan fingerprint density at radius 2 is 1.82 bits per heavy atom. The summed E-state index contributed by atoms with van der Waals surface area (Å²) in [5.74, 6) is 0.0865. The normalized spacial score (nSPS) is 21.1. The second-order valence-corrected chi connectivity index (χ2v) is 10.2. The summed E-state index contributed by atoms with van der Waals surface area (Å²) in [6, 6.07) is 13.5. The van der Waals surface area contributed by atoms with Crippen LogP contribution in [0.4, 0.5) is 11.4 Å². The lowest BCUT2D eigenvalue weighted by Crippen LogP contribution is -2.54. The van der Waals surface area contributed by atoms with Crippen LogP contribution in [0, 0.1) is 0 Å². The van der Waals surface area contributed by atoms with E-state index in [-0.39, 0.29) is 16.2 Å². The minimum absolute atomic E-state index is 0.0499. The van der Waals surface area contributed by atoms with Crippen molar-refractivity contribution in [3.8, 4) is 5.75 Å². The Morgan fingerprint density at radius 3 is 2.44 bits per heavy atom. The van der Waals surface area contributed by atoms with E-state index in [0.717, 1.165) is 12.0 Å². The smallest absolute Gasteiger partial charge is 0.270 e. The van der Waals surface area contributed by atoms with Crippen molar-refractivity contribution in [2.24, 2.45) is 0 Å². The van der Waals surface area contributed by atoms with Gasteiger partial charge in [-0.05, 0) is 106 Å². The van der Waals surface area contributed by atoms with E-state index >= 15 is 0 Å². The van der Waals surface area contributed by atoms with Gasteiger partial charge in [0, 0.05) is 17.3 Å². The lowest BCUT2D eigenvalue weighted by molar-refractivity contribution is -0.122. The largest absolute Gasteiger partial charge is 0.497 e. The Kier molecular flexibility index (Phi) is 6.25. The molecule has 0 saturated carbocycles. The monoisotopic (exact) mass is 477 g/mol. The summed E-state index contributed by atoms with van der Waals surface area (Å²) in [5, 5.41) is 2.71. The molecule has 1 atom stereocenters. The highest BCUT2D eigenvalue weighted by molar-refractivity contribution is 7.80. The van der Waals surface area contributed by atoms with Crippen LogP contribution in [-0.4, -0.2) is 35.6 Å². The van der Waals surface area contributed by atoms with Crippen LogP contribution in [0.2, 0.25) is 0 Å². The van der Waals surface area contributed by atoms with Crippen molar-refractivity contribution in [1.82, 2.24) is 5.32 Å². The molecule has 178 valence electrons. The highest BCUT2D eigenvalue weighted by atomic mass is 32.1. The van der Waals surface area contributed by atoms with Crippen LogP contribution >= 0.6 is 12.2 Å². The number of methoxy groups -OCH3 is 1. The Bertz CT molecular complexity index is 1180. The summed E-state index contributed by atoms with van der Waals surface area (Å²) in [4.78, 5) is 29.9. The summed E-state index contributed by atoms with van der Waals surface area (Å²) in [7, 11) is 1.58. The van der Waals surface area contributed by atoms with Gasteiger partial charge >= 0.3 is 0 Å². The van der Waals surface area contributed by atoms with Gasteiger partial charge in [-0.2, -0.15) is 0 Å². The third kappa shape index (κ3) is 4.20. The van der Waals surface area contributed by atoms with Crippen molar-refractivity contribution in [2.45, 2.75) is 58.5 Å². The van der Waals surface area contributed by atoms with Gasteiger partial charge in [0.1, 0.15) is 11.3 Å². The number of hydrogen-bond acceptors (Lipinski definition) is 5. The van der Waals surface area contributed by atoms with Gasteiger partial charge in [0.15, 0.2) is 5.11 Å². The molecule has 0 spiro atoms. The first-order valence-electron chi connectivity index (χ1n) is 11.5. The molecule has 2 aromatic rings. The molecule has 2 heterocycles. The highest BCUT2D eigenvalue weighted by Crippen LogP contribution is 2.44. The van der Waals surface area contributed by atoms with Gasteiger partial charge in [0.25, 0.3) is 11.8 Å². The average molecular weight is 478 g/mol. The average Bonchev–Trinajstić information content (AvgIpc) is 2.76. The maximum atomic E-state index is 13.4. The van der Waals surface area contributed by atoms with Gasteiger partial charge in [-0.15, -0.1) is 0 Å². The van der Waals surface area contributed by atoms with Crippen molar-refractivity contribution >= 4 is 46.6 Å². The van der Waals surface area contributed by atoms with E-state index in [1.54, 1.807) is 37.5 Å². The van der Waals surface area contributed by atoms with Gasteiger partial charge in [-0.3, -0.25) is 19.8 Å². The third-order valence-electron chi connectivity index (χ3n) is 6.56. The minimum atomic E-state index is -0.490. The zero-order chi connectivity index (χ0) is 24.8. The summed E-state index contributed by atoms with van der Waals surface area (Å²) < 4.78 is 5.20. The Morgan fingerprint density at radius 1 is 1.15 bits per heavy atom. The number of ether oxygens (including phenoxy) is 1. The Hall–Kier alpha value is -3.19. The van der Waals surface area contributed by atoms with Gasteiger partial charge < -0.3 is 9.64 Å². The van der Waals surface area contributed by atoms with Crippen molar-refractivity contribution in [1.29, 1.82) is 0 Å². The maximum absolute atomic E-state index is 13.4. The Labute approximate surface area is 206 Å². The molecule has 2 aliphatic heterocycles. The first-order valence-corrected chi connectivity index (χ1v) is 11.9. The van der Waals surface area contributed by atoms with Crippen molar-refractivity contribution in [2.75, 3.05) is 16.9 Å². The number of benzene rings is 2. The maximum Gasteiger partial charge on any atom is 0.270 e. The van der Waals surface area contributed by atoms with Gasteiger partial charge in [-0.25, -0.2) is 0 Å². The molecule has 2 aromatic carbocycles. The molecule has 0 bridgehead atoms. The van der Waals surface area contributed by atoms with E-state index < -0.39 is 11.8 Å². The molecule has 1 saturated heterocycles. The lowest BCUT2D eigenvalue weighted by atomic mass is 9.78. The molecule has 4 rings (SSSR count). The van der Waals surface area contributed by atoms with Crippen LogP contribution in [0.15, 0.2) is 48.0 Å². The van der Waals surface area contributed by atoms with Crippen molar-refractivity contribution < 1.29 is 14.3 Å². The van der Waals surface area contributed by atoms with E-state index in [1.807, 2.05) is 6.07 Å². The van der Waals surface area contributed by atoms with Gasteiger partial charge in [0.2, 0.25) is 0 Å². The SMILES string of the molecule is COc1ccc(N2C(=O)/C(=C/c3ccc4c(c3)[C@H](C)CC(C)(C)N4C(C)C)C(=O)NC2=S)cc1.